The molecule has 3 heterocycles. The second-order valence-corrected chi connectivity index (χ2v) is 5.71. The molecule has 2 aromatic rings. The summed E-state index contributed by atoms with van der Waals surface area (Å²) in [5, 5.41) is 6.85. The van der Waals surface area contributed by atoms with Gasteiger partial charge in [0.25, 0.3) is 0 Å². The summed E-state index contributed by atoms with van der Waals surface area (Å²) >= 11 is 0. The van der Waals surface area contributed by atoms with Crippen LogP contribution in [0, 0.1) is 6.92 Å². The van der Waals surface area contributed by atoms with Crippen molar-refractivity contribution in [3.8, 4) is 0 Å². The molecule has 1 N–H and O–H groups in total. The molecule has 1 aliphatic rings. The minimum atomic E-state index is -4.48. The van der Waals surface area contributed by atoms with E-state index in [0.717, 1.165) is 31.6 Å². The summed E-state index contributed by atoms with van der Waals surface area (Å²) < 4.78 is 43.1. The largest absolute Gasteiger partial charge is 0.433 e. The van der Waals surface area contributed by atoms with Crippen molar-refractivity contribution in [2.24, 2.45) is 0 Å². The van der Waals surface area contributed by atoms with E-state index < -0.39 is 11.9 Å². The first-order valence-corrected chi connectivity index (χ1v) is 7.58. The molecule has 0 radical (unpaired) electrons. The fraction of sp³-hybridized carbons (Fsp3) is 0.571. The summed E-state index contributed by atoms with van der Waals surface area (Å²) in [7, 11) is 0. The van der Waals surface area contributed by atoms with Crippen molar-refractivity contribution in [3.05, 3.63) is 29.7 Å². The van der Waals surface area contributed by atoms with Gasteiger partial charge in [-0.2, -0.15) is 18.2 Å². The lowest BCUT2D eigenvalue weighted by atomic mass is 10.1. The Bertz CT molecular complexity index is 689. The van der Waals surface area contributed by atoms with E-state index in [2.05, 4.69) is 30.3 Å². The number of hydrogen-bond donors (Lipinski definition) is 1. The van der Waals surface area contributed by atoms with Gasteiger partial charge < -0.3 is 9.84 Å². The average Bonchev–Trinajstić information content (AvgIpc) is 2.92. The number of halogens is 3. The van der Waals surface area contributed by atoms with Crippen molar-refractivity contribution in [1.29, 1.82) is 0 Å². The summed E-state index contributed by atoms with van der Waals surface area (Å²) in [5.41, 5.74) is -0.949. The molecular weight excluding hydrogens is 325 g/mol. The van der Waals surface area contributed by atoms with Gasteiger partial charge in [-0.15, -0.1) is 0 Å². The maximum Gasteiger partial charge on any atom is 0.433 e. The zero-order valence-electron chi connectivity index (χ0n) is 13.0. The summed E-state index contributed by atoms with van der Waals surface area (Å²) in [5.74, 6) is 1.10. The SMILES string of the molecule is Cc1nc(CN2CCC[C@H](Nc3nccc(C(F)(F)F)n3)C2)no1. The normalized spacial score (nSPS) is 19.4. The predicted octanol–water partition coefficient (Wildman–Crippen LogP) is 2.26. The van der Waals surface area contributed by atoms with Gasteiger partial charge in [0.1, 0.15) is 5.69 Å². The predicted molar refractivity (Wildman–Crippen MR) is 78.0 cm³/mol. The van der Waals surface area contributed by atoms with E-state index in [0.29, 0.717) is 24.8 Å². The summed E-state index contributed by atoms with van der Waals surface area (Å²) in [6, 6.07) is 0.826. The van der Waals surface area contributed by atoms with Gasteiger partial charge >= 0.3 is 6.18 Å². The summed E-state index contributed by atoms with van der Waals surface area (Å²) in [6.45, 7) is 3.78. The molecule has 1 fully saturated rings. The molecule has 1 saturated heterocycles. The van der Waals surface area contributed by atoms with E-state index in [1.54, 1.807) is 6.92 Å². The molecule has 10 heteroatoms. The molecule has 0 saturated carbocycles. The number of aromatic nitrogens is 4. The number of piperidine rings is 1. The highest BCUT2D eigenvalue weighted by atomic mass is 19.4. The number of alkyl halides is 3. The van der Waals surface area contributed by atoms with Crippen molar-refractivity contribution in [1.82, 2.24) is 25.0 Å². The van der Waals surface area contributed by atoms with E-state index in [1.165, 1.54) is 0 Å². The number of aryl methyl sites for hydroxylation is 1. The number of rotatable bonds is 4. The van der Waals surface area contributed by atoms with Crippen molar-refractivity contribution in [2.45, 2.75) is 38.5 Å². The number of likely N-dealkylation sites (tertiary alicyclic amines) is 1. The number of nitrogens with one attached hydrogen (secondary N) is 1. The molecule has 0 spiro atoms. The smallest absolute Gasteiger partial charge is 0.350 e. The minimum Gasteiger partial charge on any atom is -0.350 e. The van der Waals surface area contributed by atoms with E-state index >= 15 is 0 Å². The van der Waals surface area contributed by atoms with Crippen LogP contribution in [-0.4, -0.2) is 44.1 Å². The van der Waals surface area contributed by atoms with Crippen molar-refractivity contribution in [2.75, 3.05) is 18.4 Å². The van der Waals surface area contributed by atoms with Crippen LogP contribution in [0.15, 0.2) is 16.8 Å². The van der Waals surface area contributed by atoms with Crippen LogP contribution in [0.25, 0.3) is 0 Å². The number of nitrogens with zero attached hydrogens (tertiary/aromatic N) is 5. The Morgan fingerprint density at radius 2 is 2.21 bits per heavy atom. The van der Waals surface area contributed by atoms with Gasteiger partial charge in [0.15, 0.2) is 5.82 Å². The Morgan fingerprint density at radius 3 is 2.92 bits per heavy atom. The van der Waals surface area contributed by atoms with Gasteiger partial charge in [-0.05, 0) is 25.5 Å². The van der Waals surface area contributed by atoms with Crippen molar-refractivity contribution >= 4 is 5.95 Å². The molecule has 130 valence electrons. The standard InChI is InChI=1S/C14H17F3N6O/c1-9-19-12(22-24-9)8-23-6-2-3-10(7-23)20-13-18-5-4-11(21-13)14(15,16)17/h4-5,10H,2-3,6-8H2,1H3,(H,18,20,21)/t10-/m0/s1. The molecule has 0 amide bonds. The van der Waals surface area contributed by atoms with Crippen LogP contribution in [0.2, 0.25) is 0 Å². The van der Waals surface area contributed by atoms with Crippen LogP contribution in [0.4, 0.5) is 19.1 Å². The highest BCUT2D eigenvalue weighted by Crippen LogP contribution is 2.27. The maximum atomic E-state index is 12.7. The highest BCUT2D eigenvalue weighted by molar-refractivity contribution is 5.28. The van der Waals surface area contributed by atoms with E-state index in [1.807, 2.05) is 0 Å². The minimum absolute atomic E-state index is 0.00733. The van der Waals surface area contributed by atoms with Gasteiger partial charge in [-0.1, -0.05) is 5.16 Å². The molecule has 2 aromatic heterocycles. The van der Waals surface area contributed by atoms with Crippen LogP contribution in [0.5, 0.6) is 0 Å². The van der Waals surface area contributed by atoms with Crippen molar-refractivity contribution in [3.63, 3.8) is 0 Å². The van der Waals surface area contributed by atoms with Crippen LogP contribution in [0.3, 0.4) is 0 Å². The third-order valence-electron chi connectivity index (χ3n) is 3.72. The molecule has 7 nitrogen and oxygen atoms in total. The lowest BCUT2D eigenvalue weighted by Gasteiger charge is -2.32. The molecule has 3 rings (SSSR count). The Morgan fingerprint density at radius 1 is 1.38 bits per heavy atom. The molecule has 24 heavy (non-hydrogen) atoms. The third kappa shape index (κ3) is 4.19. The lowest BCUT2D eigenvalue weighted by Crippen LogP contribution is -2.42. The molecule has 1 atom stereocenters. The number of anilines is 1. The average molecular weight is 342 g/mol. The number of hydrogen-bond acceptors (Lipinski definition) is 7. The molecule has 0 bridgehead atoms. The first-order chi connectivity index (χ1) is 11.4. The Balaban J connectivity index is 1.61. The van der Waals surface area contributed by atoms with Gasteiger partial charge in [0.05, 0.1) is 6.54 Å². The highest BCUT2D eigenvalue weighted by Gasteiger charge is 2.33. The van der Waals surface area contributed by atoms with Crippen LogP contribution < -0.4 is 5.32 Å². The van der Waals surface area contributed by atoms with Gasteiger partial charge in [-0.25, -0.2) is 9.97 Å². The van der Waals surface area contributed by atoms with E-state index in [9.17, 15) is 13.2 Å². The maximum absolute atomic E-state index is 12.7. The van der Waals surface area contributed by atoms with Gasteiger partial charge in [0.2, 0.25) is 11.8 Å². The van der Waals surface area contributed by atoms with Crippen molar-refractivity contribution < 1.29 is 17.7 Å². The van der Waals surface area contributed by atoms with Gasteiger partial charge in [-0.3, -0.25) is 4.90 Å². The molecule has 0 aliphatic carbocycles. The van der Waals surface area contributed by atoms with Crippen LogP contribution in [-0.2, 0) is 12.7 Å². The fourth-order valence-corrected chi connectivity index (χ4v) is 2.69. The zero-order valence-corrected chi connectivity index (χ0v) is 13.0. The first kappa shape index (κ1) is 16.6. The second kappa shape index (κ2) is 6.71. The van der Waals surface area contributed by atoms with Crippen LogP contribution >= 0.6 is 0 Å². The van der Waals surface area contributed by atoms with E-state index in [4.69, 9.17) is 4.52 Å². The Labute approximate surface area is 136 Å². The quantitative estimate of drug-likeness (QED) is 0.913. The lowest BCUT2D eigenvalue weighted by molar-refractivity contribution is -0.141. The van der Waals surface area contributed by atoms with Crippen LogP contribution in [0.1, 0.15) is 30.3 Å². The Kier molecular flexibility index (Phi) is 4.65. The fourth-order valence-electron chi connectivity index (χ4n) is 2.69. The monoisotopic (exact) mass is 342 g/mol. The summed E-state index contributed by atoms with van der Waals surface area (Å²) in [6.07, 6.45) is -1.62. The van der Waals surface area contributed by atoms with Gasteiger partial charge in [0, 0.05) is 25.7 Å². The van der Waals surface area contributed by atoms with E-state index in [-0.39, 0.29) is 12.0 Å². The third-order valence-corrected chi connectivity index (χ3v) is 3.72. The topological polar surface area (TPSA) is 80.0 Å². The molecule has 0 aromatic carbocycles. The first-order valence-electron chi connectivity index (χ1n) is 7.58. The summed E-state index contributed by atoms with van der Waals surface area (Å²) in [4.78, 5) is 13.7. The molecule has 1 aliphatic heterocycles. The molecule has 0 unspecified atom stereocenters. The molecular formula is C14H17F3N6O. The zero-order chi connectivity index (χ0) is 17.2. The second-order valence-electron chi connectivity index (χ2n) is 5.71. The Hall–Kier alpha value is -2.23.